The monoisotopic (exact) mass is 441 g/mol. The second-order valence-corrected chi connectivity index (χ2v) is 9.18. The number of nitrogens with zero attached hydrogens (tertiary/aromatic N) is 3. The first-order valence-electron chi connectivity index (χ1n) is 11.5. The van der Waals surface area contributed by atoms with Gasteiger partial charge in [-0.25, -0.2) is 4.99 Å². The molecule has 2 saturated heterocycles. The van der Waals surface area contributed by atoms with Gasteiger partial charge >= 0.3 is 0 Å². The highest BCUT2D eigenvalue weighted by Gasteiger charge is 2.20. The molecule has 0 saturated carbocycles. The van der Waals surface area contributed by atoms with E-state index in [1.54, 1.807) is 0 Å². The number of hydrogen-bond donors (Lipinski definition) is 2. The topological polar surface area (TPSA) is 52.1 Å². The zero-order chi connectivity index (χ0) is 21.3. The predicted molar refractivity (Wildman–Crippen MR) is 130 cm³/mol. The zero-order valence-electron chi connectivity index (χ0n) is 18.6. The van der Waals surface area contributed by atoms with Crippen LogP contribution < -0.4 is 15.5 Å². The molecule has 1 aromatic heterocycles. The first-order chi connectivity index (χ1) is 15.3. The smallest absolute Gasteiger partial charge is 0.191 e. The fourth-order valence-corrected chi connectivity index (χ4v) is 4.93. The van der Waals surface area contributed by atoms with Gasteiger partial charge in [0.1, 0.15) is 0 Å². The van der Waals surface area contributed by atoms with Crippen molar-refractivity contribution in [1.29, 1.82) is 0 Å². The minimum Gasteiger partial charge on any atom is -0.379 e. The Bertz CT molecular complexity index is 794. The standard InChI is InChI=1S/C24H35N5OS/c1-2-25-24(27-22-9-11-29(12-10-22)23-4-3-17-31-23)26-18-20-5-7-21(8-6-20)19-28-13-15-30-16-14-28/h3-8,17,22H,2,9-16,18-19H2,1H3,(H2,25,26,27). The SMILES string of the molecule is CCNC(=NCc1ccc(CN2CCOCC2)cc1)NC1CCN(c2cccs2)CC1. The van der Waals surface area contributed by atoms with Crippen molar-refractivity contribution in [2.45, 2.75) is 38.9 Å². The van der Waals surface area contributed by atoms with Crippen LogP contribution in [-0.4, -0.2) is 62.8 Å². The average Bonchev–Trinajstić information content (AvgIpc) is 3.35. The number of aliphatic imine (C=N–C) groups is 1. The summed E-state index contributed by atoms with van der Waals surface area (Å²) in [7, 11) is 0. The normalized spacial score (nSPS) is 18.9. The van der Waals surface area contributed by atoms with Crippen LogP contribution in [0.4, 0.5) is 5.00 Å². The summed E-state index contributed by atoms with van der Waals surface area (Å²) < 4.78 is 5.44. The molecule has 31 heavy (non-hydrogen) atoms. The average molecular weight is 442 g/mol. The van der Waals surface area contributed by atoms with E-state index in [1.165, 1.54) is 16.1 Å². The molecule has 3 heterocycles. The van der Waals surface area contributed by atoms with Crippen LogP contribution in [0.15, 0.2) is 46.8 Å². The first kappa shape index (κ1) is 22.1. The van der Waals surface area contributed by atoms with E-state index in [2.05, 4.69) is 69.1 Å². The van der Waals surface area contributed by atoms with E-state index in [4.69, 9.17) is 9.73 Å². The van der Waals surface area contributed by atoms with E-state index in [-0.39, 0.29) is 0 Å². The Labute approximate surface area is 190 Å². The summed E-state index contributed by atoms with van der Waals surface area (Å²) >= 11 is 1.83. The van der Waals surface area contributed by atoms with E-state index >= 15 is 0 Å². The van der Waals surface area contributed by atoms with Crippen LogP contribution in [0.5, 0.6) is 0 Å². The molecule has 4 rings (SSSR count). The van der Waals surface area contributed by atoms with Crippen molar-refractivity contribution in [3.63, 3.8) is 0 Å². The highest BCUT2D eigenvalue weighted by Crippen LogP contribution is 2.24. The fraction of sp³-hybridized carbons (Fsp3) is 0.542. The molecule has 2 N–H and O–H groups in total. The summed E-state index contributed by atoms with van der Waals surface area (Å²) in [4.78, 5) is 9.79. The quantitative estimate of drug-likeness (QED) is 0.510. The molecular formula is C24H35N5OS. The number of hydrogen-bond acceptors (Lipinski definition) is 5. The lowest BCUT2D eigenvalue weighted by Crippen LogP contribution is -2.48. The third kappa shape index (κ3) is 6.69. The van der Waals surface area contributed by atoms with E-state index < -0.39 is 0 Å². The van der Waals surface area contributed by atoms with Crippen LogP contribution in [0, 0.1) is 0 Å². The molecule has 2 aromatic rings. The number of guanidine groups is 1. The predicted octanol–water partition coefficient (Wildman–Crippen LogP) is 3.30. The number of nitrogens with one attached hydrogen (secondary N) is 2. The number of morpholine rings is 1. The molecule has 0 amide bonds. The molecule has 0 unspecified atom stereocenters. The van der Waals surface area contributed by atoms with Crippen molar-refractivity contribution < 1.29 is 4.74 Å². The van der Waals surface area contributed by atoms with Gasteiger partial charge in [0.15, 0.2) is 5.96 Å². The molecule has 168 valence electrons. The molecule has 0 bridgehead atoms. The summed E-state index contributed by atoms with van der Waals surface area (Å²) in [5.41, 5.74) is 2.60. The van der Waals surface area contributed by atoms with Crippen molar-refractivity contribution in [2.75, 3.05) is 50.8 Å². The Morgan fingerprint density at radius 1 is 1.06 bits per heavy atom. The summed E-state index contributed by atoms with van der Waals surface area (Å²) in [5, 5.41) is 10.6. The van der Waals surface area contributed by atoms with Crippen molar-refractivity contribution in [3.8, 4) is 0 Å². The van der Waals surface area contributed by atoms with Crippen LogP contribution in [-0.2, 0) is 17.8 Å². The Balaban J connectivity index is 1.26. The van der Waals surface area contributed by atoms with Gasteiger partial charge < -0.3 is 20.3 Å². The molecule has 7 heteroatoms. The van der Waals surface area contributed by atoms with E-state index in [1.807, 2.05) is 11.3 Å². The second-order valence-electron chi connectivity index (χ2n) is 8.26. The van der Waals surface area contributed by atoms with Gasteiger partial charge in [0.05, 0.1) is 24.8 Å². The summed E-state index contributed by atoms with van der Waals surface area (Å²) in [5.74, 6) is 0.925. The van der Waals surface area contributed by atoms with Crippen molar-refractivity contribution in [3.05, 3.63) is 52.9 Å². The van der Waals surface area contributed by atoms with Gasteiger partial charge in [-0.05, 0) is 48.4 Å². The van der Waals surface area contributed by atoms with Gasteiger partial charge in [0.25, 0.3) is 0 Å². The molecule has 6 nitrogen and oxygen atoms in total. The maximum atomic E-state index is 5.44. The minimum atomic E-state index is 0.477. The first-order valence-corrected chi connectivity index (χ1v) is 12.4. The van der Waals surface area contributed by atoms with Gasteiger partial charge in [-0.1, -0.05) is 24.3 Å². The lowest BCUT2D eigenvalue weighted by atomic mass is 10.1. The molecule has 0 spiro atoms. The molecule has 0 radical (unpaired) electrons. The van der Waals surface area contributed by atoms with Gasteiger partial charge in [-0.3, -0.25) is 4.90 Å². The number of benzene rings is 1. The summed E-state index contributed by atoms with van der Waals surface area (Å²) in [6.45, 7) is 10.6. The fourth-order valence-electron chi connectivity index (χ4n) is 4.15. The van der Waals surface area contributed by atoms with Crippen LogP contribution in [0.25, 0.3) is 0 Å². The Morgan fingerprint density at radius 3 is 2.48 bits per heavy atom. The number of ether oxygens (including phenoxy) is 1. The molecule has 2 fully saturated rings. The Morgan fingerprint density at radius 2 is 1.81 bits per heavy atom. The summed E-state index contributed by atoms with van der Waals surface area (Å²) in [6, 6.07) is 13.7. The van der Waals surface area contributed by atoms with Crippen molar-refractivity contribution in [2.24, 2.45) is 4.99 Å². The molecule has 2 aliphatic rings. The molecule has 0 aliphatic carbocycles. The largest absolute Gasteiger partial charge is 0.379 e. The maximum absolute atomic E-state index is 5.44. The molecule has 2 aliphatic heterocycles. The highest BCUT2D eigenvalue weighted by atomic mass is 32.1. The second kappa shape index (κ2) is 11.5. The lowest BCUT2D eigenvalue weighted by Gasteiger charge is -2.33. The summed E-state index contributed by atoms with van der Waals surface area (Å²) in [6.07, 6.45) is 2.27. The lowest BCUT2D eigenvalue weighted by molar-refractivity contribution is 0.0342. The van der Waals surface area contributed by atoms with E-state index in [9.17, 15) is 0 Å². The van der Waals surface area contributed by atoms with Gasteiger partial charge in [-0.2, -0.15) is 0 Å². The number of piperidine rings is 1. The Hall–Kier alpha value is -2.09. The van der Waals surface area contributed by atoms with Crippen molar-refractivity contribution >= 4 is 22.3 Å². The van der Waals surface area contributed by atoms with Crippen LogP contribution in [0.2, 0.25) is 0 Å². The van der Waals surface area contributed by atoms with E-state index in [0.717, 1.165) is 71.3 Å². The zero-order valence-corrected chi connectivity index (χ0v) is 19.4. The van der Waals surface area contributed by atoms with Crippen molar-refractivity contribution in [1.82, 2.24) is 15.5 Å². The Kier molecular flexibility index (Phi) is 8.21. The highest BCUT2D eigenvalue weighted by molar-refractivity contribution is 7.14. The molecule has 1 aromatic carbocycles. The van der Waals surface area contributed by atoms with Gasteiger partial charge in [0, 0.05) is 45.3 Å². The molecule has 0 atom stereocenters. The number of rotatable bonds is 7. The van der Waals surface area contributed by atoms with Crippen LogP contribution >= 0.6 is 11.3 Å². The van der Waals surface area contributed by atoms with Gasteiger partial charge in [-0.15, -0.1) is 11.3 Å². The number of thiophene rings is 1. The van der Waals surface area contributed by atoms with Crippen LogP contribution in [0.1, 0.15) is 30.9 Å². The third-order valence-corrected chi connectivity index (χ3v) is 6.88. The minimum absolute atomic E-state index is 0.477. The van der Waals surface area contributed by atoms with Gasteiger partial charge in [0.2, 0.25) is 0 Å². The maximum Gasteiger partial charge on any atom is 0.191 e. The molecular weight excluding hydrogens is 406 g/mol. The van der Waals surface area contributed by atoms with Crippen LogP contribution in [0.3, 0.4) is 0 Å². The van der Waals surface area contributed by atoms with E-state index in [0.29, 0.717) is 12.6 Å². The number of anilines is 1. The third-order valence-electron chi connectivity index (χ3n) is 5.95.